The highest BCUT2D eigenvalue weighted by Gasteiger charge is 2.15. The number of sulfonamides is 1. The third kappa shape index (κ3) is 5.26. The highest BCUT2D eigenvalue weighted by atomic mass is 32.2. The number of likely N-dealkylation sites (N-methyl/N-ethyl adjacent to an activating group) is 1. The SMILES string of the molecule is CNCCNS(=O)(=O)c1ccc(OCC2CCCCC2)cc1. The van der Waals surface area contributed by atoms with Gasteiger partial charge in [-0.15, -0.1) is 0 Å². The van der Waals surface area contributed by atoms with E-state index in [-0.39, 0.29) is 4.90 Å². The highest BCUT2D eigenvalue weighted by Crippen LogP contribution is 2.25. The molecular formula is C16H26N2O3S. The summed E-state index contributed by atoms with van der Waals surface area (Å²) in [6, 6.07) is 6.65. The first-order valence-electron chi connectivity index (χ1n) is 7.99. The summed E-state index contributed by atoms with van der Waals surface area (Å²) in [5.74, 6) is 1.38. The molecule has 1 aliphatic rings. The van der Waals surface area contributed by atoms with Crippen LogP contribution in [0.3, 0.4) is 0 Å². The lowest BCUT2D eigenvalue weighted by atomic mass is 9.90. The van der Waals surface area contributed by atoms with Crippen molar-refractivity contribution in [3.05, 3.63) is 24.3 Å². The van der Waals surface area contributed by atoms with Gasteiger partial charge in [0.1, 0.15) is 5.75 Å². The summed E-state index contributed by atoms with van der Waals surface area (Å²) in [7, 11) is -1.65. The average molecular weight is 326 g/mol. The second kappa shape index (κ2) is 8.50. The molecule has 0 aromatic heterocycles. The lowest BCUT2D eigenvalue weighted by Crippen LogP contribution is -2.30. The minimum absolute atomic E-state index is 0.272. The summed E-state index contributed by atoms with van der Waals surface area (Å²) in [4.78, 5) is 0.272. The van der Waals surface area contributed by atoms with E-state index >= 15 is 0 Å². The molecule has 0 saturated heterocycles. The van der Waals surface area contributed by atoms with Crippen LogP contribution < -0.4 is 14.8 Å². The minimum Gasteiger partial charge on any atom is -0.493 e. The number of hydrogen-bond acceptors (Lipinski definition) is 4. The molecule has 0 heterocycles. The molecule has 0 unspecified atom stereocenters. The third-order valence-corrected chi connectivity index (χ3v) is 5.49. The van der Waals surface area contributed by atoms with E-state index in [1.54, 1.807) is 31.3 Å². The van der Waals surface area contributed by atoms with Crippen molar-refractivity contribution in [1.82, 2.24) is 10.0 Å². The number of nitrogens with one attached hydrogen (secondary N) is 2. The fraction of sp³-hybridized carbons (Fsp3) is 0.625. The monoisotopic (exact) mass is 326 g/mol. The lowest BCUT2D eigenvalue weighted by molar-refractivity contribution is 0.209. The van der Waals surface area contributed by atoms with Gasteiger partial charge in [0, 0.05) is 13.1 Å². The maximum absolute atomic E-state index is 12.0. The smallest absolute Gasteiger partial charge is 0.240 e. The Labute approximate surface area is 133 Å². The van der Waals surface area contributed by atoms with Gasteiger partial charge in [0.2, 0.25) is 10.0 Å². The van der Waals surface area contributed by atoms with Crippen LogP contribution in [0.2, 0.25) is 0 Å². The first kappa shape index (κ1) is 17.2. The molecule has 0 radical (unpaired) electrons. The van der Waals surface area contributed by atoms with Crippen LogP contribution in [0.1, 0.15) is 32.1 Å². The summed E-state index contributed by atoms with van der Waals surface area (Å²) < 4.78 is 32.4. The number of rotatable bonds is 8. The Bertz CT molecular complexity index is 537. The summed E-state index contributed by atoms with van der Waals surface area (Å²) in [5.41, 5.74) is 0. The highest BCUT2D eigenvalue weighted by molar-refractivity contribution is 7.89. The van der Waals surface area contributed by atoms with Gasteiger partial charge in [-0.05, 0) is 50.1 Å². The van der Waals surface area contributed by atoms with Gasteiger partial charge in [0.15, 0.2) is 0 Å². The van der Waals surface area contributed by atoms with E-state index in [1.807, 2.05) is 0 Å². The first-order chi connectivity index (χ1) is 10.6. The molecule has 1 fully saturated rings. The molecule has 2 N–H and O–H groups in total. The maximum atomic E-state index is 12.0. The largest absolute Gasteiger partial charge is 0.493 e. The summed E-state index contributed by atoms with van der Waals surface area (Å²) in [6.45, 7) is 1.70. The summed E-state index contributed by atoms with van der Waals surface area (Å²) in [6.07, 6.45) is 6.40. The van der Waals surface area contributed by atoms with E-state index in [9.17, 15) is 8.42 Å². The zero-order chi connectivity index (χ0) is 15.8. The van der Waals surface area contributed by atoms with Gasteiger partial charge in [0.25, 0.3) is 0 Å². The molecule has 0 bridgehead atoms. The molecule has 0 aliphatic heterocycles. The molecular weight excluding hydrogens is 300 g/mol. The molecule has 22 heavy (non-hydrogen) atoms. The van der Waals surface area contributed by atoms with Crippen molar-refractivity contribution in [2.45, 2.75) is 37.0 Å². The van der Waals surface area contributed by atoms with Crippen LogP contribution in [-0.4, -0.2) is 35.2 Å². The zero-order valence-corrected chi connectivity index (χ0v) is 14.0. The van der Waals surface area contributed by atoms with E-state index in [1.165, 1.54) is 32.1 Å². The van der Waals surface area contributed by atoms with Gasteiger partial charge in [-0.3, -0.25) is 0 Å². The molecule has 0 amide bonds. The van der Waals surface area contributed by atoms with Crippen molar-refractivity contribution in [3.63, 3.8) is 0 Å². The second-order valence-corrected chi connectivity index (χ2v) is 7.55. The van der Waals surface area contributed by atoms with E-state index in [2.05, 4.69) is 10.0 Å². The zero-order valence-electron chi connectivity index (χ0n) is 13.2. The van der Waals surface area contributed by atoms with Crippen molar-refractivity contribution in [2.75, 3.05) is 26.7 Å². The van der Waals surface area contributed by atoms with Crippen LogP contribution in [-0.2, 0) is 10.0 Å². The molecule has 1 aromatic carbocycles. The molecule has 0 spiro atoms. The fourth-order valence-corrected chi connectivity index (χ4v) is 3.71. The Balaban J connectivity index is 1.86. The average Bonchev–Trinajstić information content (AvgIpc) is 2.54. The van der Waals surface area contributed by atoms with Crippen molar-refractivity contribution in [1.29, 1.82) is 0 Å². The quantitative estimate of drug-likeness (QED) is 0.718. The Morgan fingerprint density at radius 2 is 1.77 bits per heavy atom. The van der Waals surface area contributed by atoms with Gasteiger partial charge in [-0.2, -0.15) is 0 Å². The Morgan fingerprint density at radius 1 is 1.09 bits per heavy atom. The molecule has 1 saturated carbocycles. The topological polar surface area (TPSA) is 67.4 Å². The van der Waals surface area contributed by atoms with Gasteiger partial charge in [0.05, 0.1) is 11.5 Å². The van der Waals surface area contributed by atoms with Gasteiger partial charge < -0.3 is 10.1 Å². The van der Waals surface area contributed by atoms with Crippen molar-refractivity contribution in [3.8, 4) is 5.75 Å². The predicted octanol–water partition coefficient (Wildman–Crippen LogP) is 2.14. The summed E-state index contributed by atoms with van der Waals surface area (Å²) in [5, 5.41) is 2.90. The van der Waals surface area contributed by atoms with Crippen LogP contribution in [0.5, 0.6) is 5.75 Å². The molecule has 1 aliphatic carbocycles. The predicted molar refractivity (Wildman–Crippen MR) is 87.6 cm³/mol. The van der Waals surface area contributed by atoms with Gasteiger partial charge in [-0.25, -0.2) is 13.1 Å². The Hall–Kier alpha value is -1.11. The van der Waals surface area contributed by atoms with E-state index in [0.29, 0.717) is 19.0 Å². The van der Waals surface area contributed by atoms with Crippen LogP contribution >= 0.6 is 0 Å². The van der Waals surface area contributed by atoms with Gasteiger partial charge in [-0.1, -0.05) is 19.3 Å². The third-order valence-electron chi connectivity index (χ3n) is 4.01. The molecule has 0 atom stereocenters. The van der Waals surface area contributed by atoms with Crippen molar-refractivity contribution < 1.29 is 13.2 Å². The molecule has 2 rings (SSSR count). The van der Waals surface area contributed by atoms with Crippen molar-refractivity contribution in [2.24, 2.45) is 5.92 Å². The Morgan fingerprint density at radius 3 is 2.41 bits per heavy atom. The number of ether oxygens (including phenoxy) is 1. The standard InChI is InChI=1S/C16H26N2O3S/c1-17-11-12-18-22(19,20)16-9-7-15(8-10-16)21-13-14-5-3-2-4-6-14/h7-10,14,17-18H,2-6,11-13H2,1H3. The number of benzene rings is 1. The van der Waals surface area contributed by atoms with E-state index < -0.39 is 10.0 Å². The van der Waals surface area contributed by atoms with Crippen molar-refractivity contribution >= 4 is 10.0 Å². The maximum Gasteiger partial charge on any atom is 0.240 e. The normalized spacial score (nSPS) is 16.6. The fourth-order valence-electron chi connectivity index (χ4n) is 2.68. The van der Waals surface area contributed by atoms with Crippen LogP contribution in [0, 0.1) is 5.92 Å². The number of hydrogen-bond donors (Lipinski definition) is 2. The van der Waals surface area contributed by atoms with E-state index in [4.69, 9.17) is 4.74 Å². The summed E-state index contributed by atoms with van der Waals surface area (Å²) >= 11 is 0. The minimum atomic E-state index is -3.43. The molecule has 124 valence electrons. The molecule has 6 heteroatoms. The second-order valence-electron chi connectivity index (χ2n) is 5.79. The molecule has 5 nitrogen and oxygen atoms in total. The molecule has 1 aromatic rings. The Kier molecular flexibility index (Phi) is 6.67. The van der Waals surface area contributed by atoms with Crippen LogP contribution in [0.4, 0.5) is 0 Å². The lowest BCUT2D eigenvalue weighted by Gasteiger charge is -2.21. The van der Waals surface area contributed by atoms with Crippen LogP contribution in [0.15, 0.2) is 29.2 Å². The van der Waals surface area contributed by atoms with E-state index in [0.717, 1.165) is 12.4 Å². The van der Waals surface area contributed by atoms with Gasteiger partial charge >= 0.3 is 0 Å². The first-order valence-corrected chi connectivity index (χ1v) is 9.47. The van der Waals surface area contributed by atoms with Crippen LogP contribution in [0.25, 0.3) is 0 Å².